The molecule has 2 rings (SSSR count). The molecule has 0 unspecified atom stereocenters. The molecule has 1 heterocycles. The van der Waals surface area contributed by atoms with E-state index >= 15 is 0 Å². The molecule has 0 spiro atoms. The highest BCUT2D eigenvalue weighted by atomic mass is 16.5. The number of ether oxygens (including phenoxy) is 1. The lowest BCUT2D eigenvalue weighted by Crippen LogP contribution is -2.12. The van der Waals surface area contributed by atoms with Gasteiger partial charge in [0.05, 0.1) is 0 Å². The van der Waals surface area contributed by atoms with E-state index in [9.17, 15) is 0 Å². The smallest absolute Gasteiger partial charge is 0.170 e. The second-order valence-electron chi connectivity index (χ2n) is 4.17. The van der Waals surface area contributed by atoms with E-state index in [0.29, 0.717) is 17.9 Å². The van der Waals surface area contributed by atoms with Crippen LogP contribution in [0.4, 0.5) is 0 Å². The number of pyridine rings is 1. The number of hydrogen-bond acceptors (Lipinski definition) is 4. The van der Waals surface area contributed by atoms with Gasteiger partial charge in [0.15, 0.2) is 5.84 Å². The number of aromatic nitrogens is 1. The molecule has 0 aliphatic rings. The zero-order valence-electron chi connectivity index (χ0n) is 10.6. The van der Waals surface area contributed by atoms with E-state index in [1.165, 1.54) is 0 Å². The highest BCUT2D eigenvalue weighted by Gasteiger charge is 2.02. The largest absolute Gasteiger partial charge is 0.489 e. The molecule has 0 radical (unpaired) electrons. The van der Waals surface area contributed by atoms with Gasteiger partial charge in [-0.15, -0.1) is 0 Å². The molecule has 0 saturated heterocycles. The third-order valence-corrected chi connectivity index (χ3v) is 2.57. The molecule has 2 aromatic rings. The lowest BCUT2D eigenvalue weighted by atomic mass is 10.2. The van der Waals surface area contributed by atoms with E-state index in [2.05, 4.69) is 10.1 Å². The Balaban J connectivity index is 2.08. The van der Waals surface area contributed by atoms with Crippen LogP contribution in [-0.2, 0) is 6.61 Å². The van der Waals surface area contributed by atoms with Gasteiger partial charge >= 0.3 is 0 Å². The number of rotatable bonds is 4. The van der Waals surface area contributed by atoms with Gasteiger partial charge in [-0.3, -0.25) is 4.98 Å². The van der Waals surface area contributed by atoms with E-state index in [1.807, 2.05) is 19.1 Å². The molecule has 0 aliphatic heterocycles. The molecule has 5 nitrogen and oxygen atoms in total. The summed E-state index contributed by atoms with van der Waals surface area (Å²) in [5.41, 5.74) is 8.22. The molecule has 98 valence electrons. The van der Waals surface area contributed by atoms with E-state index in [-0.39, 0.29) is 5.84 Å². The first-order valence-electron chi connectivity index (χ1n) is 5.80. The first kappa shape index (κ1) is 12.9. The number of aryl methyl sites for hydroxylation is 1. The fraction of sp³-hybridized carbons (Fsp3) is 0.143. The first-order valence-corrected chi connectivity index (χ1v) is 5.80. The quantitative estimate of drug-likeness (QED) is 0.380. The Labute approximate surface area is 111 Å². The van der Waals surface area contributed by atoms with E-state index in [1.54, 1.807) is 30.6 Å². The number of hydrogen-bond donors (Lipinski definition) is 2. The molecule has 0 saturated carbocycles. The second-order valence-corrected chi connectivity index (χ2v) is 4.17. The number of amidine groups is 1. The van der Waals surface area contributed by atoms with Crippen molar-refractivity contribution >= 4 is 5.84 Å². The number of benzene rings is 1. The summed E-state index contributed by atoms with van der Waals surface area (Å²) in [6.45, 7) is 2.41. The maximum Gasteiger partial charge on any atom is 0.170 e. The lowest BCUT2D eigenvalue weighted by Gasteiger charge is -2.08. The SMILES string of the molecule is Cc1cncc(COc2cccc(/C(N)=N/O)c2)c1. The summed E-state index contributed by atoms with van der Waals surface area (Å²) in [7, 11) is 0. The second kappa shape index (κ2) is 5.86. The molecule has 1 aromatic carbocycles. The van der Waals surface area contributed by atoms with Crippen LogP contribution in [0.2, 0.25) is 0 Å². The Bertz CT molecular complexity index is 597. The third-order valence-electron chi connectivity index (χ3n) is 2.57. The molecule has 0 amide bonds. The summed E-state index contributed by atoms with van der Waals surface area (Å²) >= 11 is 0. The summed E-state index contributed by atoms with van der Waals surface area (Å²) in [6, 6.07) is 9.09. The average molecular weight is 257 g/mol. The zero-order valence-corrected chi connectivity index (χ0v) is 10.6. The molecule has 0 fully saturated rings. The Morgan fingerprint density at radius 1 is 1.37 bits per heavy atom. The first-order chi connectivity index (χ1) is 9.19. The van der Waals surface area contributed by atoms with Gasteiger partial charge in [-0.2, -0.15) is 0 Å². The molecule has 0 bridgehead atoms. The van der Waals surface area contributed by atoms with E-state index < -0.39 is 0 Å². The van der Waals surface area contributed by atoms with E-state index in [0.717, 1.165) is 11.1 Å². The van der Waals surface area contributed by atoms with Gasteiger partial charge in [0.1, 0.15) is 12.4 Å². The van der Waals surface area contributed by atoms with Crippen molar-refractivity contribution < 1.29 is 9.94 Å². The Morgan fingerprint density at radius 2 is 2.21 bits per heavy atom. The highest BCUT2D eigenvalue weighted by molar-refractivity contribution is 5.97. The van der Waals surface area contributed by atoms with Crippen LogP contribution < -0.4 is 10.5 Å². The predicted molar refractivity (Wildman–Crippen MR) is 72.3 cm³/mol. The minimum atomic E-state index is 0.0580. The minimum Gasteiger partial charge on any atom is -0.489 e. The summed E-state index contributed by atoms with van der Waals surface area (Å²) in [5.74, 6) is 0.716. The van der Waals surface area contributed by atoms with Crippen LogP contribution in [0.1, 0.15) is 16.7 Å². The molecule has 3 N–H and O–H groups in total. The van der Waals surface area contributed by atoms with Crippen molar-refractivity contribution in [3.8, 4) is 5.75 Å². The Kier molecular flexibility index (Phi) is 3.97. The van der Waals surface area contributed by atoms with Crippen LogP contribution in [0, 0.1) is 6.92 Å². The van der Waals surface area contributed by atoms with Gasteiger partial charge in [0.25, 0.3) is 0 Å². The summed E-state index contributed by atoms with van der Waals surface area (Å²) in [5, 5.41) is 11.6. The fourth-order valence-electron chi connectivity index (χ4n) is 1.67. The van der Waals surface area contributed by atoms with Crippen molar-refractivity contribution in [2.45, 2.75) is 13.5 Å². The summed E-state index contributed by atoms with van der Waals surface area (Å²) in [4.78, 5) is 4.10. The minimum absolute atomic E-state index is 0.0580. The fourth-order valence-corrected chi connectivity index (χ4v) is 1.67. The van der Waals surface area contributed by atoms with Gasteiger partial charge < -0.3 is 15.7 Å². The highest BCUT2D eigenvalue weighted by Crippen LogP contribution is 2.15. The molecular formula is C14H15N3O2. The predicted octanol–water partition coefficient (Wildman–Crippen LogP) is 2.06. The van der Waals surface area contributed by atoms with Gasteiger partial charge in [-0.05, 0) is 30.7 Å². The van der Waals surface area contributed by atoms with Crippen LogP contribution in [-0.4, -0.2) is 16.0 Å². The molecular weight excluding hydrogens is 242 g/mol. The Hall–Kier alpha value is -2.56. The van der Waals surface area contributed by atoms with Crippen molar-refractivity contribution in [3.63, 3.8) is 0 Å². The van der Waals surface area contributed by atoms with Gasteiger partial charge in [-0.25, -0.2) is 0 Å². The van der Waals surface area contributed by atoms with Crippen molar-refractivity contribution in [1.29, 1.82) is 0 Å². The van der Waals surface area contributed by atoms with Gasteiger partial charge in [0, 0.05) is 23.5 Å². The number of nitrogens with zero attached hydrogens (tertiary/aromatic N) is 2. The normalized spacial score (nSPS) is 11.3. The van der Waals surface area contributed by atoms with Crippen molar-refractivity contribution in [1.82, 2.24) is 4.98 Å². The van der Waals surface area contributed by atoms with E-state index in [4.69, 9.17) is 15.7 Å². The zero-order chi connectivity index (χ0) is 13.7. The van der Waals surface area contributed by atoms with Gasteiger partial charge in [0.2, 0.25) is 0 Å². The summed E-state index contributed by atoms with van der Waals surface area (Å²) in [6.07, 6.45) is 3.56. The number of oxime groups is 1. The van der Waals surface area contributed by atoms with Crippen molar-refractivity contribution in [2.24, 2.45) is 10.9 Å². The topological polar surface area (TPSA) is 80.7 Å². The van der Waals surface area contributed by atoms with Crippen LogP contribution in [0.5, 0.6) is 5.75 Å². The Morgan fingerprint density at radius 3 is 2.95 bits per heavy atom. The van der Waals surface area contributed by atoms with Crippen molar-refractivity contribution in [2.75, 3.05) is 0 Å². The van der Waals surface area contributed by atoms with Gasteiger partial charge in [-0.1, -0.05) is 17.3 Å². The maximum atomic E-state index is 8.63. The standard InChI is InChI=1S/C14H15N3O2/c1-10-5-11(8-16-7-10)9-19-13-4-2-3-12(6-13)14(15)17-18/h2-8,18H,9H2,1H3,(H2,15,17). The molecule has 1 aromatic heterocycles. The molecule has 0 aliphatic carbocycles. The van der Waals surface area contributed by atoms with Crippen LogP contribution in [0.3, 0.4) is 0 Å². The van der Waals surface area contributed by atoms with Crippen molar-refractivity contribution in [3.05, 3.63) is 59.4 Å². The van der Waals surface area contributed by atoms with Crippen LogP contribution in [0.15, 0.2) is 47.9 Å². The van der Waals surface area contributed by atoms with Crippen LogP contribution in [0.25, 0.3) is 0 Å². The molecule has 5 heteroatoms. The lowest BCUT2D eigenvalue weighted by molar-refractivity contribution is 0.305. The maximum absolute atomic E-state index is 8.63. The average Bonchev–Trinajstić information content (AvgIpc) is 2.45. The molecule has 0 atom stereocenters. The number of nitrogens with two attached hydrogens (primary N) is 1. The third kappa shape index (κ3) is 3.45. The molecule has 19 heavy (non-hydrogen) atoms. The monoisotopic (exact) mass is 257 g/mol. The summed E-state index contributed by atoms with van der Waals surface area (Å²) < 4.78 is 5.65. The van der Waals surface area contributed by atoms with Crippen LogP contribution >= 0.6 is 0 Å².